The van der Waals surface area contributed by atoms with E-state index in [2.05, 4.69) is 5.32 Å². The zero-order valence-electron chi connectivity index (χ0n) is 24.3. The van der Waals surface area contributed by atoms with Crippen LogP contribution < -0.4 is 9.62 Å². The van der Waals surface area contributed by atoms with Crippen molar-refractivity contribution in [1.82, 2.24) is 10.2 Å². The van der Waals surface area contributed by atoms with Gasteiger partial charge in [-0.3, -0.25) is 13.9 Å². The van der Waals surface area contributed by atoms with E-state index < -0.39 is 28.5 Å². The highest BCUT2D eigenvalue weighted by Crippen LogP contribution is 2.22. The van der Waals surface area contributed by atoms with Crippen molar-refractivity contribution in [3.8, 4) is 0 Å². The van der Waals surface area contributed by atoms with Crippen LogP contribution in [0.3, 0.4) is 0 Å². The largest absolute Gasteiger partial charge is 0.352 e. The van der Waals surface area contributed by atoms with E-state index >= 15 is 0 Å². The maximum Gasteiger partial charge on any atom is 0.244 e. The fraction of sp³-hybridized carbons (Fsp3) is 0.394. The molecule has 1 aliphatic rings. The number of aryl methyl sites for hydroxylation is 2. The van der Waals surface area contributed by atoms with Crippen LogP contribution in [0.2, 0.25) is 0 Å². The Balaban J connectivity index is 1.71. The Morgan fingerprint density at radius 3 is 2.15 bits per heavy atom. The predicted octanol–water partition coefficient (Wildman–Crippen LogP) is 5.16. The van der Waals surface area contributed by atoms with Gasteiger partial charge in [0.15, 0.2) is 0 Å². The average Bonchev–Trinajstić information content (AvgIpc) is 2.94. The topological polar surface area (TPSA) is 86.8 Å². The summed E-state index contributed by atoms with van der Waals surface area (Å²) >= 11 is 0. The van der Waals surface area contributed by atoms with Gasteiger partial charge in [0, 0.05) is 19.0 Å². The van der Waals surface area contributed by atoms with E-state index in [1.54, 1.807) is 17.0 Å². The SMILES string of the molecule is Cc1ccc(N(CC(=O)N(Cc2cccc(C)c2)C(Cc2ccccc2)C(=O)NC2CCCCC2)S(C)(=O)=O)cc1. The highest BCUT2D eigenvalue weighted by molar-refractivity contribution is 7.92. The molecule has 0 heterocycles. The summed E-state index contributed by atoms with van der Waals surface area (Å²) in [5.41, 5.74) is 4.24. The molecule has 218 valence electrons. The average molecular weight is 576 g/mol. The lowest BCUT2D eigenvalue weighted by molar-refractivity contribution is -0.140. The molecule has 1 fully saturated rings. The maximum atomic E-state index is 14.2. The summed E-state index contributed by atoms with van der Waals surface area (Å²) in [6, 6.07) is 23.8. The molecule has 0 aliphatic heterocycles. The van der Waals surface area contributed by atoms with Gasteiger partial charge in [0.25, 0.3) is 0 Å². The summed E-state index contributed by atoms with van der Waals surface area (Å²) in [4.78, 5) is 29.7. The standard InChI is InChI=1S/C33H41N3O4S/c1-25-17-19-30(20-18-25)36(41(3,39)40)24-32(37)35(23-28-14-10-11-26(2)21-28)31(22-27-12-6-4-7-13-27)33(38)34-29-15-8-5-9-16-29/h4,6-7,10-14,17-21,29,31H,5,8-9,15-16,22-24H2,1-3H3,(H,34,38). The van der Waals surface area contributed by atoms with Crippen molar-refractivity contribution in [2.24, 2.45) is 0 Å². The van der Waals surface area contributed by atoms with Gasteiger partial charge in [0.05, 0.1) is 11.9 Å². The highest BCUT2D eigenvalue weighted by Gasteiger charge is 2.34. The third-order valence-corrected chi connectivity index (χ3v) is 8.80. The predicted molar refractivity (Wildman–Crippen MR) is 164 cm³/mol. The number of sulfonamides is 1. The van der Waals surface area contributed by atoms with Crippen molar-refractivity contribution in [1.29, 1.82) is 0 Å². The van der Waals surface area contributed by atoms with Gasteiger partial charge in [-0.15, -0.1) is 0 Å². The van der Waals surface area contributed by atoms with Gasteiger partial charge in [0.1, 0.15) is 12.6 Å². The van der Waals surface area contributed by atoms with Crippen LogP contribution in [0.5, 0.6) is 0 Å². The Labute approximate surface area is 244 Å². The Morgan fingerprint density at radius 2 is 1.51 bits per heavy atom. The van der Waals surface area contributed by atoms with Gasteiger partial charge in [-0.1, -0.05) is 97.1 Å². The number of anilines is 1. The third kappa shape index (κ3) is 8.67. The summed E-state index contributed by atoms with van der Waals surface area (Å²) in [7, 11) is -3.78. The summed E-state index contributed by atoms with van der Waals surface area (Å²) < 4.78 is 26.9. The second-order valence-corrected chi connectivity index (χ2v) is 13.1. The molecule has 3 aromatic carbocycles. The molecule has 1 saturated carbocycles. The fourth-order valence-corrected chi connectivity index (χ4v) is 6.28. The van der Waals surface area contributed by atoms with Crippen LogP contribution in [-0.2, 0) is 32.6 Å². The number of hydrogen-bond acceptors (Lipinski definition) is 4. The van der Waals surface area contributed by atoms with Crippen LogP contribution in [0.25, 0.3) is 0 Å². The van der Waals surface area contributed by atoms with Gasteiger partial charge in [-0.25, -0.2) is 8.42 Å². The first-order valence-electron chi connectivity index (χ1n) is 14.3. The van der Waals surface area contributed by atoms with Crippen LogP contribution in [0, 0.1) is 13.8 Å². The summed E-state index contributed by atoms with van der Waals surface area (Å²) in [6.07, 6.45) is 6.57. The van der Waals surface area contributed by atoms with E-state index in [1.165, 1.54) is 0 Å². The Kier molecular flexibility index (Phi) is 10.2. The molecular weight excluding hydrogens is 534 g/mol. The minimum Gasteiger partial charge on any atom is -0.352 e. The molecule has 1 unspecified atom stereocenters. The molecule has 7 nitrogen and oxygen atoms in total. The van der Waals surface area contributed by atoms with Crippen molar-refractivity contribution in [2.45, 2.75) is 71.0 Å². The molecule has 8 heteroatoms. The van der Waals surface area contributed by atoms with Gasteiger partial charge in [0.2, 0.25) is 21.8 Å². The van der Waals surface area contributed by atoms with E-state index in [4.69, 9.17) is 0 Å². The number of nitrogens with zero attached hydrogens (tertiary/aromatic N) is 2. The van der Waals surface area contributed by atoms with E-state index in [0.717, 1.165) is 64.9 Å². The van der Waals surface area contributed by atoms with Gasteiger partial charge >= 0.3 is 0 Å². The minimum atomic E-state index is -3.78. The first-order chi connectivity index (χ1) is 19.6. The molecule has 3 aromatic rings. The number of hydrogen-bond donors (Lipinski definition) is 1. The summed E-state index contributed by atoms with van der Waals surface area (Å²) in [5.74, 6) is -0.639. The second-order valence-electron chi connectivity index (χ2n) is 11.2. The van der Waals surface area contributed by atoms with Crippen LogP contribution in [0.4, 0.5) is 5.69 Å². The number of carbonyl (C=O) groups is 2. The van der Waals surface area contributed by atoms with Crippen LogP contribution in [0.15, 0.2) is 78.9 Å². The highest BCUT2D eigenvalue weighted by atomic mass is 32.2. The van der Waals surface area contributed by atoms with E-state index in [0.29, 0.717) is 12.1 Å². The number of amides is 2. The molecule has 4 rings (SSSR count). The molecular formula is C33H41N3O4S. The Bertz CT molecular complexity index is 1420. The van der Waals surface area contributed by atoms with Gasteiger partial charge in [-0.2, -0.15) is 0 Å². The molecule has 1 N–H and O–H groups in total. The summed E-state index contributed by atoms with van der Waals surface area (Å²) in [5, 5.41) is 3.23. The molecule has 0 aromatic heterocycles. The molecule has 0 bridgehead atoms. The van der Waals surface area contributed by atoms with E-state index in [-0.39, 0.29) is 18.5 Å². The quantitative estimate of drug-likeness (QED) is 0.342. The molecule has 41 heavy (non-hydrogen) atoms. The lowest BCUT2D eigenvalue weighted by Crippen LogP contribution is -2.55. The molecule has 1 atom stereocenters. The Hall–Kier alpha value is -3.65. The lowest BCUT2D eigenvalue weighted by atomic mass is 9.94. The first kappa shape index (κ1) is 30.3. The Morgan fingerprint density at radius 1 is 0.854 bits per heavy atom. The molecule has 2 amide bonds. The number of nitrogens with one attached hydrogen (secondary N) is 1. The molecule has 0 saturated heterocycles. The van der Waals surface area contributed by atoms with Crippen LogP contribution >= 0.6 is 0 Å². The number of rotatable bonds is 11. The molecule has 0 spiro atoms. The van der Waals surface area contributed by atoms with Crippen molar-refractivity contribution in [3.63, 3.8) is 0 Å². The normalized spacial score (nSPS) is 14.7. The van der Waals surface area contributed by atoms with E-state index in [9.17, 15) is 18.0 Å². The minimum absolute atomic E-state index is 0.0746. The van der Waals surface area contributed by atoms with Crippen LogP contribution in [0.1, 0.15) is 54.4 Å². The first-order valence-corrected chi connectivity index (χ1v) is 16.2. The number of carbonyl (C=O) groups excluding carboxylic acids is 2. The van der Waals surface area contributed by atoms with Gasteiger partial charge in [-0.05, 0) is 49.9 Å². The zero-order valence-corrected chi connectivity index (χ0v) is 25.1. The van der Waals surface area contributed by atoms with Crippen LogP contribution in [-0.4, -0.2) is 50.0 Å². The van der Waals surface area contributed by atoms with Crippen molar-refractivity contribution in [2.75, 3.05) is 17.1 Å². The zero-order chi connectivity index (χ0) is 29.4. The molecule has 1 aliphatic carbocycles. The maximum absolute atomic E-state index is 14.2. The molecule has 0 radical (unpaired) electrons. The number of benzene rings is 3. The fourth-order valence-electron chi connectivity index (χ4n) is 5.43. The van der Waals surface area contributed by atoms with Crippen molar-refractivity contribution in [3.05, 3.63) is 101 Å². The summed E-state index contributed by atoms with van der Waals surface area (Å²) in [6.45, 7) is 3.68. The monoisotopic (exact) mass is 575 g/mol. The van der Waals surface area contributed by atoms with Crippen molar-refractivity contribution < 1.29 is 18.0 Å². The smallest absolute Gasteiger partial charge is 0.244 e. The van der Waals surface area contributed by atoms with Crippen molar-refractivity contribution >= 4 is 27.5 Å². The second kappa shape index (κ2) is 13.8. The lowest BCUT2D eigenvalue weighted by Gasteiger charge is -2.35. The van der Waals surface area contributed by atoms with E-state index in [1.807, 2.05) is 80.6 Å². The van der Waals surface area contributed by atoms with Gasteiger partial charge < -0.3 is 10.2 Å². The third-order valence-electron chi connectivity index (χ3n) is 7.66.